The number of hydrogen-bond acceptors (Lipinski definition) is 4. The second kappa shape index (κ2) is 4.63. The number of imidazole rings is 1. The highest BCUT2D eigenvalue weighted by atomic mass is 32.2. The summed E-state index contributed by atoms with van der Waals surface area (Å²) in [7, 11) is -0.440. The van der Waals surface area contributed by atoms with E-state index in [1.807, 2.05) is 6.07 Å². The van der Waals surface area contributed by atoms with Crippen molar-refractivity contribution < 1.29 is 8.42 Å². The average Bonchev–Trinajstić information content (AvgIpc) is 2.64. The lowest BCUT2D eigenvalue weighted by Crippen LogP contribution is -2.35. The Bertz CT molecular complexity index is 500. The van der Waals surface area contributed by atoms with E-state index in [0.717, 1.165) is 0 Å². The van der Waals surface area contributed by atoms with Crippen molar-refractivity contribution in [2.75, 3.05) is 7.05 Å². The molecule has 7 heteroatoms. The Kier molecular flexibility index (Phi) is 3.67. The van der Waals surface area contributed by atoms with Crippen LogP contribution in [-0.4, -0.2) is 35.4 Å². The predicted octanol–water partition coefficient (Wildman–Crippen LogP) is 0.343. The molecule has 1 unspecified atom stereocenters. The second-order valence-corrected chi connectivity index (χ2v) is 5.55. The summed E-state index contributed by atoms with van der Waals surface area (Å²) in [6.07, 6.45) is 3.02. The van der Waals surface area contributed by atoms with E-state index in [2.05, 4.69) is 4.98 Å². The number of hydrogen-bond donors (Lipinski definition) is 0. The lowest BCUT2D eigenvalue weighted by molar-refractivity contribution is 0.391. The highest BCUT2D eigenvalue weighted by Gasteiger charge is 2.27. The third-order valence-electron chi connectivity index (χ3n) is 2.33. The van der Waals surface area contributed by atoms with Crippen LogP contribution in [0, 0.1) is 11.3 Å². The molecule has 1 aromatic heterocycles. The number of sulfonamides is 1. The van der Waals surface area contributed by atoms with Crippen LogP contribution < -0.4 is 0 Å². The van der Waals surface area contributed by atoms with Gasteiger partial charge in [-0.3, -0.25) is 0 Å². The number of rotatable bonds is 4. The summed E-state index contributed by atoms with van der Waals surface area (Å²) in [6, 6.07) is 1.58. The van der Waals surface area contributed by atoms with E-state index in [-0.39, 0.29) is 17.5 Å². The van der Waals surface area contributed by atoms with Gasteiger partial charge in [-0.15, -0.1) is 0 Å². The molecule has 0 saturated heterocycles. The smallest absolute Gasteiger partial charge is 0.262 e. The highest BCUT2D eigenvalue weighted by molar-refractivity contribution is 7.89. The molecule has 0 aliphatic carbocycles. The van der Waals surface area contributed by atoms with E-state index in [0.29, 0.717) is 0 Å². The summed E-state index contributed by atoms with van der Waals surface area (Å²) in [5.41, 5.74) is 0. The van der Waals surface area contributed by atoms with E-state index in [1.165, 1.54) is 23.9 Å². The molecule has 0 aliphatic heterocycles. The third-order valence-corrected chi connectivity index (χ3v) is 4.19. The van der Waals surface area contributed by atoms with Gasteiger partial charge in [-0.2, -0.15) is 9.57 Å². The van der Waals surface area contributed by atoms with Gasteiger partial charge >= 0.3 is 0 Å². The van der Waals surface area contributed by atoms with Gasteiger partial charge in [-0.25, -0.2) is 13.4 Å². The standard InChI is InChI=1S/C9H14N4O2S/c1-8(4-5-10)13(3)16(14,15)9-6-12(2)7-11-9/h6-8H,4H2,1-3H3. The molecule has 0 fully saturated rings. The number of nitrogens with zero attached hydrogens (tertiary/aromatic N) is 4. The predicted molar refractivity (Wildman–Crippen MR) is 57.8 cm³/mol. The lowest BCUT2D eigenvalue weighted by atomic mass is 10.3. The van der Waals surface area contributed by atoms with E-state index in [9.17, 15) is 8.42 Å². The zero-order valence-corrected chi connectivity index (χ0v) is 10.3. The molecule has 1 aromatic rings. The molecular weight excluding hydrogens is 228 g/mol. The van der Waals surface area contributed by atoms with Gasteiger partial charge in [0.25, 0.3) is 10.0 Å². The summed E-state index contributed by atoms with van der Waals surface area (Å²) in [6.45, 7) is 1.68. The average molecular weight is 242 g/mol. The summed E-state index contributed by atoms with van der Waals surface area (Å²) < 4.78 is 26.7. The molecule has 0 aliphatic rings. The summed E-state index contributed by atoms with van der Waals surface area (Å²) in [4.78, 5) is 3.80. The van der Waals surface area contributed by atoms with E-state index >= 15 is 0 Å². The molecule has 0 aromatic carbocycles. The van der Waals surface area contributed by atoms with Gasteiger partial charge < -0.3 is 4.57 Å². The maximum absolute atomic E-state index is 12.0. The molecular formula is C9H14N4O2S. The van der Waals surface area contributed by atoms with Crippen LogP contribution in [0.2, 0.25) is 0 Å². The fraction of sp³-hybridized carbons (Fsp3) is 0.556. The van der Waals surface area contributed by atoms with Crippen molar-refractivity contribution in [2.24, 2.45) is 7.05 Å². The molecule has 0 N–H and O–H groups in total. The van der Waals surface area contributed by atoms with Crippen molar-refractivity contribution in [2.45, 2.75) is 24.4 Å². The van der Waals surface area contributed by atoms with Crippen molar-refractivity contribution >= 4 is 10.0 Å². The molecule has 0 spiro atoms. The molecule has 0 amide bonds. The van der Waals surface area contributed by atoms with E-state index < -0.39 is 10.0 Å². The van der Waals surface area contributed by atoms with Gasteiger partial charge in [0.1, 0.15) is 0 Å². The zero-order chi connectivity index (χ0) is 12.3. The molecule has 16 heavy (non-hydrogen) atoms. The van der Waals surface area contributed by atoms with Gasteiger partial charge in [0.2, 0.25) is 0 Å². The monoisotopic (exact) mass is 242 g/mol. The minimum atomic E-state index is -3.59. The van der Waals surface area contributed by atoms with Crippen molar-refractivity contribution in [3.8, 4) is 6.07 Å². The Labute approximate surface area is 95.2 Å². The molecule has 0 radical (unpaired) electrons. The van der Waals surface area contributed by atoms with Crippen LogP contribution >= 0.6 is 0 Å². The van der Waals surface area contributed by atoms with Crippen LogP contribution in [-0.2, 0) is 17.1 Å². The summed E-state index contributed by atoms with van der Waals surface area (Å²) in [5, 5.41) is 8.54. The maximum Gasteiger partial charge on any atom is 0.262 e. The van der Waals surface area contributed by atoms with Gasteiger partial charge in [0.05, 0.1) is 18.8 Å². The first kappa shape index (κ1) is 12.7. The Balaban J connectivity index is 2.99. The molecule has 88 valence electrons. The fourth-order valence-electron chi connectivity index (χ4n) is 1.17. The van der Waals surface area contributed by atoms with Crippen molar-refractivity contribution in [3.63, 3.8) is 0 Å². The molecule has 1 atom stereocenters. The van der Waals surface area contributed by atoms with Gasteiger partial charge in [0.15, 0.2) is 5.03 Å². The first-order valence-corrected chi connectivity index (χ1v) is 6.16. The molecule has 0 saturated carbocycles. The fourth-order valence-corrected chi connectivity index (χ4v) is 2.49. The van der Waals surface area contributed by atoms with Gasteiger partial charge in [-0.05, 0) is 6.92 Å². The van der Waals surface area contributed by atoms with Gasteiger partial charge in [0, 0.05) is 26.3 Å². The quantitative estimate of drug-likeness (QED) is 0.762. The van der Waals surface area contributed by atoms with Crippen molar-refractivity contribution in [1.29, 1.82) is 5.26 Å². The van der Waals surface area contributed by atoms with Crippen LogP contribution in [0.5, 0.6) is 0 Å². The number of aromatic nitrogens is 2. The van der Waals surface area contributed by atoms with Gasteiger partial charge in [-0.1, -0.05) is 0 Å². The lowest BCUT2D eigenvalue weighted by Gasteiger charge is -2.20. The molecule has 0 bridgehead atoms. The van der Waals surface area contributed by atoms with Crippen LogP contribution in [0.15, 0.2) is 17.6 Å². The molecule has 6 nitrogen and oxygen atoms in total. The summed E-state index contributed by atoms with van der Waals surface area (Å²) >= 11 is 0. The topological polar surface area (TPSA) is 79.0 Å². The van der Waals surface area contributed by atoms with Crippen molar-refractivity contribution in [1.82, 2.24) is 13.9 Å². The first-order valence-electron chi connectivity index (χ1n) is 4.72. The largest absolute Gasteiger partial charge is 0.339 e. The van der Waals surface area contributed by atoms with Crippen LogP contribution in [0.3, 0.4) is 0 Å². The van der Waals surface area contributed by atoms with Crippen LogP contribution in [0.25, 0.3) is 0 Å². The van der Waals surface area contributed by atoms with Crippen LogP contribution in [0.1, 0.15) is 13.3 Å². The third kappa shape index (κ3) is 2.40. The maximum atomic E-state index is 12.0. The van der Waals surface area contributed by atoms with Crippen molar-refractivity contribution in [3.05, 3.63) is 12.5 Å². The Morgan fingerprint density at radius 3 is 2.75 bits per heavy atom. The summed E-state index contributed by atoms with van der Waals surface area (Å²) in [5.74, 6) is 0. The minimum Gasteiger partial charge on any atom is -0.339 e. The Morgan fingerprint density at radius 1 is 1.69 bits per heavy atom. The van der Waals surface area contributed by atoms with E-state index in [1.54, 1.807) is 18.5 Å². The normalized spacial score (nSPS) is 13.7. The second-order valence-electron chi connectivity index (χ2n) is 3.61. The molecule has 1 rings (SSSR count). The first-order chi connectivity index (χ1) is 7.39. The zero-order valence-electron chi connectivity index (χ0n) is 9.45. The minimum absolute atomic E-state index is 0.00212. The number of aryl methyl sites for hydroxylation is 1. The van der Waals surface area contributed by atoms with Crippen LogP contribution in [0.4, 0.5) is 0 Å². The number of nitriles is 1. The SMILES string of the molecule is CC(CC#N)N(C)S(=O)(=O)c1cn(C)cn1. The Morgan fingerprint density at radius 2 is 2.31 bits per heavy atom. The Hall–Kier alpha value is -1.39. The highest BCUT2D eigenvalue weighted by Crippen LogP contribution is 2.15. The van der Waals surface area contributed by atoms with E-state index in [4.69, 9.17) is 5.26 Å². The molecule has 1 heterocycles.